The van der Waals surface area contributed by atoms with E-state index in [0.29, 0.717) is 10.8 Å². The van der Waals surface area contributed by atoms with Crippen LogP contribution in [0.3, 0.4) is 0 Å². The maximum Gasteiger partial charge on any atom is 0.273 e. The normalized spacial score (nSPS) is 16.1. The lowest BCUT2D eigenvalue weighted by Crippen LogP contribution is -2.39. The Hall–Kier alpha value is -3.04. The van der Waals surface area contributed by atoms with Crippen LogP contribution in [0, 0.1) is 6.92 Å². The maximum atomic E-state index is 12.7. The van der Waals surface area contributed by atoms with Crippen molar-refractivity contribution < 1.29 is 9.59 Å². The Bertz CT molecular complexity index is 1060. The van der Waals surface area contributed by atoms with Crippen molar-refractivity contribution in [1.82, 2.24) is 4.98 Å². The first-order valence-corrected chi connectivity index (χ1v) is 10.3. The van der Waals surface area contributed by atoms with Crippen molar-refractivity contribution in [3.05, 3.63) is 52.7 Å². The van der Waals surface area contributed by atoms with Gasteiger partial charge in [-0.1, -0.05) is 18.2 Å². The second-order valence-electron chi connectivity index (χ2n) is 6.25. The average Bonchev–Trinajstić information content (AvgIpc) is 3.41. The lowest BCUT2D eigenvalue weighted by atomic mass is 10.1. The molecule has 2 aromatic heterocycles. The largest absolute Gasteiger partial charge is 0.368 e. The lowest BCUT2D eigenvalue weighted by Gasteiger charge is -2.20. The number of aryl methyl sites for hydroxylation is 1. The van der Waals surface area contributed by atoms with Crippen LogP contribution in [0.15, 0.2) is 52.9 Å². The number of primary amides is 1. The van der Waals surface area contributed by atoms with E-state index < -0.39 is 11.9 Å². The third-order valence-corrected chi connectivity index (χ3v) is 6.02. The third-order valence-electron chi connectivity index (χ3n) is 4.24. The number of hydrazone groups is 1. The number of nitrogens with one attached hydrogen (secondary N) is 1. The summed E-state index contributed by atoms with van der Waals surface area (Å²) >= 11 is 3.00. The van der Waals surface area contributed by atoms with Gasteiger partial charge in [0.15, 0.2) is 5.13 Å². The molecule has 4 rings (SSSR count). The number of para-hydroxylation sites is 1. The van der Waals surface area contributed by atoms with E-state index in [1.54, 1.807) is 11.3 Å². The number of anilines is 2. The number of thiophene rings is 1. The van der Waals surface area contributed by atoms with Crippen molar-refractivity contribution in [1.29, 1.82) is 0 Å². The van der Waals surface area contributed by atoms with E-state index >= 15 is 0 Å². The number of thiazole rings is 1. The van der Waals surface area contributed by atoms with Gasteiger partial charge in [-0.2, -0.15) is 5.10 Å². The molecule has 3 N–H and O–H groups in total. The molecule has 3 heterocycles. The number of amides is 2. The monoisotopic (exact) mass is 411 g/mol. The smallest absolute Gasteiger partial charge is 0.273 e. The Balaban J connectivity index is 1.52. The van der Waals surface area contributed by atoms with Gasteiger partial charge in [0.1, 0.15) is 11.8 Å². The van der Waals surface area contributed by atoms with Crippen LogP contribution in [0.5, 0.6) is 0 Å². The van der Waals surface area contributed by atoms with Crippen LogP contribution in [0.2, 0.25) is 0 Å². The van der Waals surface area contributed by atoms with Crippen molar-refractivity contribution in [2.24, 2.45) is 10.8 Å². The molecule has 0 spiro atoms. The quantitative estimate of drug-likeness (QED) is 0.673. The number of nitrogens with zero attached hydrogens (tertiary/aromatic N) is 3. The second-order valence-corrected chi connectivity index (χ2v) is 8.40. The number of rotatable bonds is 5. The van der Waals surface area contributed by atoms with Crippen molar-refractivity contribution >= 4 is 51.0 Å². The molecule has 1 aromatic carbocycles. The minimum Gasteiger partial charge on any atom is -0.368 e. The SMILES string of the molecule is Cc1ccc(-c2csc(NC(=O)C3=NN(c4ccccc4)C(C(N)=O)C3)n2)s1. The Morgan fingerprint density at radius 2 is 2.00 bits per heavy atom. The minimum absolute atomic E-state index is 0.151. The van der Waals surface area contributed by atoms with Crippen molar-refractivity contribution in [2.75, 3.05) is 10.3 Å². The number of aromatic nitrogens is 1. The Labute approximate surface area is 169 Å². The number of hydrogen-bond acceptors (Lipinski definition) is 7. The topological polar surface area (TPSA) is 101 Å². The third kappa shape index (κ3) is 3.67. The number of hydrogen-bond donors (Lipinski definition) is 2. The summed E-state index contributed by atoms with van der Waals surface area (Å²) in [5.41, 5.74) is 7.30. The molecule has 0 fully saturated rings. The molecule has 0 saturated heterocycles. The molecule has 9 heteroatoms. The molecule has 1 aliphatic heterocycles. The minimum atomic E-state index is -0.691. The highest BCUT2D eigenvalue weighted by molar-refractivity contribution is 7.17. The molecule has 28 heavy (non-hydrogen) atoms. The van der Waals surface area contributed by atoms with Gasteiger partial charge in [-0.15, -0.1) is 22.7 Å². The van der Waals surface area contributed by atoms with Gasteiger partial charge < -0.3 is 5.73 Å². The Kier molecular flexibility index (Phi) is 4.93. The lowest BCUT2D eigenvalue weighted by molar-refractivity contribution is -0.119. The summed E-state index contributed by atoms with van der Waals surface area (Å²) in [6, 6.07) is 12.5. The van der Waals surface area contributed by atoms with Gasteiger partial charge in [-0.3, -0.25) is 19.9 Å². The highest BCUT2D eigenvalue weighted by Crippen LogP contribution is 2.31. The molecule has 2 amide bonds. The molecular formula is C19H17N5O2S2. The number of carbonyl (C=O) groups excluding carboxylic acids is 2. The fraction of sp³-hybridized carbons (Fsp3) is 0.158. The first kappa shape index (κ1) is 18.3. The predicted molar refractivity (Wildman–Crippen MR) is 113 cm³/mol. The fourth-order valence-corrected chi connectivity index (χ4v) is 4.48. The summed E-state index contributed by atoms with van der Waals surface area (Å²) in [6.07, 6.45) is 0.151. The predicted octanol–water partition coefficient (Wildman–Crippen LogP) is 3.24. The highest BCUT2D eigenvalue weighted by atomic mass is 32.1. The van der Waals surface area contributed by atoms with Gasteiger partial charge in [0, 0.05) is 16.7 Å². The second kappa shape index (κ2) is 7.53. The van der Waals surface area contributed by atoms with Crippen LogP contribution < -0.4 is 16.1 Å². The average molecular weight is 412 g/mol. The van der Waals surface area contributed by atoms with E-state index in [1.807, 2.05) is 54.8 Å². The van der Waals surface area contributed by atoms with E-state index in [1.165, 1.54) is 21.2 Å². The fourth-order valence-electron chi connectivity index (χ4n) is 2.87. The summed E-state index contributed by atoms with van der Waals surface area (Å²) in [6.45, 7) is 2.04. The molecule has 0 bridgehead atoms. The van der Waals surface area contributed by atoms with E-state index in [4.69, 9.17) is 5.73 Å². The molecule has 0 saturated carbocycles. The molecular weight excluding hydrogens is 394 g/mol. The van der Waals surface area contributed by atoms with E-state index in [9.17, 15) is 9.59 Å². The van der Waals surface area contributed by atoms with Crippen LogP contribution >= 0.6 is 22.7 Å². The summed E-state index contributed by atoms with van der Waals surface area (Å²) in [7, 11) is 0. The van der Waals surface area contributed by atoms with Crippen LogP contribution in [0.25, 0.3) is 10.6 Å². The van der Waals surface area contributed by atoms with Gasteiger partial charge in [-0.05, 0) is 31.2 Å². The van der Waals surface area contributed by atoms with E-state index in [2.05, 4.69) is 15.4 Å². The number of benzene rings is 1. The van der Waals surface area contributed by atoms with Crippen LogP contribution in [0.4, 0.5) is 10.8 Å². The summed E-state index contributed by atoms with van der Waals surface area (Å²) in [5, 5.41) is 11.0. The van der Waals surface area contributed by atoms with Gasteiger partial charge in [0.05, 0.1) is 16.3 Å². The molecule has 1 aliphatic rings. The molecule has 1 unspecified atom stereocenters. The van der Waals surface area contributed by atoms with Crippen LogP contribution in [-0.4, -0.2) is 28.6 Å². The highest BCUT2D eigenvalue weighted by Gasteiger charge is 2.35. The summed E-state index contributed by atoms with van der Waals surface area (Å²) in [4.78, 5) is 31.2. The molecule has 3 aromatic rings. The van der Waals surface area contributed by atoms with E-state index in [-0.39, 0.29) is 18.0 Å². The van der Waals surface area contributed by atoms with Gasteiger partial charge >= 0.3 is 0 Å². The molecule has 1 atom stereocenters. The standard InChI is InChI=1S/C19H17N5O2S2/c1-11-7-8-16(28-11)14-10-27-19(21-14)22-18(26)13-9-15(17(20)25)24(23-13)12-5-3-2-4-6-12/h2-8,10,15H,9H2,1H3,(H2,20,25)(H,21,22,26). The zero-order valence-electron chi connectivity index (χ0n) is 15.0. The van der Waals surface area contributed by atoms with Gasteiger partial charge in [0.25, 0.3) is 5.91 Å². The zero-order chi connectivity index (χ0) is 19.7. The van der Waals surface area contributed by atoms with Crippen molar-refractivity contribution in [3.8, 4) is 10.6 Å². The molecule has 7 nitrogen and oxygen atoms in total. The zero-order valence-corrected chi connectivity index (χ0v) is 16.6. The van der Waals surface area contributed by atoms with Crippen molar-refractivity contribution in [3.63, 3.8) is 0 Å². The van der Waals surface area contributed by atoms with Crippen molar-refractivity contribution in [2.45, 2.75) is 19.4 Å². The van der Waals surface area contributed by atoms with Crippen LogP contribution in [0.1, 0.15) is 11.3 Å². The first-order chi connectivity index (χ1) is 13.5. The van der Waals surface area contributed by atoms with E-state index in [0.717, 1.165) is 10.6 Å². The molecule has 142 valence electrons. The van der Waals surface area contributed by atoms with Gasteiger partial charge in [0.2, 0.25) is 5.91 Å². The van der Waals surface area contributed by atoms with Crippen LogP contribution in [-0.2, 0) is 9.59 Å². The number of nitrogens with two attached hydrogens (primary N) is 1. The molecule has 0 radical (unpaired) electrons. The van der Waals surface area contributed by atoms with Gasteiger partial charge in [-0.25, -0.2) is 4.98 Å². The molecule has 0 aliphatic carbocycles. The first-order valence-electron chi connectivity index (χ1n) is 8.56. The summed E-state index contributed by atoms with van der Waals surface area (Å²) in [5.74, 6) is -0.909. The maximum absolute atomic E-state index is 12.7. The number of carbonyl (C=O) groups is 2. The Morgan fingerprint density at radius 3 is 2.68 bits per heavy atom. The summed E-state index contributed by atoms with van der Waals surface area (Å²) < 4.78 is 0. The Morgan fingerprint density at radius 1 is 1.21 bits per heavy atom.